The second-order valence-corrected chi connectivity index (χ2v) is 8.70. The molecule has 0 aromatic heterocycles. The molecule has 30 heavy (non-hydrogen) atoms. The Kier molecular flexibility index (Phi) is 5.08. The predicted molar refractivity (Wildman–Crippen MR) is 120 cm³/mol. The van der Waals surface area contributed by atoms with E-state index in [0.717, 1.165) is 28.1 Å². The Balaban J connectivity index is 1.52. The number of fused-ring (bicyclic) bond motifs is 1. The Morgan fingerprint density at radius 2 is 1.63 bits per heavy atom. The number of anilines is 1. The molecule has 1 fully saturated rings. The molecule has 0 amide bonds. The molecule has 0 bridgehead atoms. The first kappa shape index (κ1) is 20.4. The zero-order valence-electron chi connectivity index (χ0n) is 17.8. The van der Waals surface area contributed by atoms with Gasteiger partial charge in [-0.15, -0.1) is 0 Å². The Labute approximate surface area is 177 Å². The van der Waals surface area contributed by atoms with Gasteiger partial charge in [-0.2, -0.15) is 0 Å². The van der Waals surface area contributed by atoms with E-state index in [1.807, 2.05) is 76.2 Å². The van der Waals surface area contributed by atoms with E-state index >= 15 is 0 Å². The summed E-state index contributed by atoms with van der Waals surface area (Å²) >= 11 is 0. The lowest BCUT2D eigenvalue weighted by Crippen LogP contribution is -2.41. The van der Waals surface area contributed by atoms with Crippen LogP contribution < -0.4 is 15.9 Å². The molecule has 5 nitrogen and oxygen atoms in total. The summed E-state index contributed by atoms with van der Waals surface area (Å²) < 4.78 is 18.3. The fourth-order valence-corrected chi connectivity index (χ4v) is 3.50. The minimum absolute atomic E-state index is 0.341. The predicted octanol–water partition coefficient (Wildman–Crippen LogP) is 4.11. The molecule has 0 atom stereocenters. The highest BCUT2D eigenvalue weighted by atomic mass is 16.7. The van der Waals surface area contributed by atoms with Crippen molar-refractivity contribution in [1.82, 2.24) is 0 Å². The van der Waals surface area contributed by atoms with Gasteiger partial charge in [-0.25, -0.2) is 0 Å². The molecule has 2 N–H and O–H groups in total. The van der Waals surface area contributed by atoms with Crippen LogP contribution in [0.25, 0.3) is 10.8 Å². The van der Waals surface area contributed by atoms with Crippen molar-refractivity contribution < 1.29 is 18.8 Å². The number of rotatable bonds is 5. The summed E-state index contributed by atoms with van der Waals surface area (Å²) in [6.07, 6.45) is 0.812. The van der Waals surface area contributed by atoms with Gasteiger partial charge in [-0.05, 0) is 68.4 Å². The quantitative estimate of drug-likeness (QED) is 0.394. The van der Waals surface area contributed by atoms with E-state index in [2.05, 4.69) is 0 Å². The summed E-state index contributed by atoms with van der Waals surface area (Å²) in [5, 5.41) is 1.80. The van der Waals surface area contributed by atoms with Gasteiger partial charge in [0.2, 0.25) is 0 Å². The molecule has 1 aliphatic rings. The summed E-state index contributed by atoms with van der Waals surface area (Å²) in [4.78, 5) is 11.5. The number of carbonyl (C=O) groups is 1. The molecule has 3 aromatic rings. The SMILES string of the molecule is CC1(C)OB(c2ccc(COc3c(C=O)ccc4cc(N)ccc34)cc2)OC1(C)C. The summed E-state index contributed by atoms with van der Waals surface area (Å²) in [6, 6.07) is 17.2. The molecule has 0 aliphatic carbocycles. The fraction of sp³-hybridized carbons (Fsp3) is 0.292. The first-order chi connectivity index (χ1) is 14.2. The monoisotopic (exact) mass is 403 g/mol. The topological polar surface area (TPSA) is 70.8 Å². The summed E-state index contributed by atoms with van der Waals surface area (Å²) in [5.74, 6) is 0.567. The van der Waals surface area contributed by atoms with Gasteiger partial charge < -0.3 is 19.8 Å². The van der Waals surface area contributed by atoms with E-state index in [4.69, 9.17) is 19.8 Å². The minimum atomic E-state index is -0.393. The van der Waals surface area contributed by atoms with E-state index in [1.165, 1.54) is 0 Å². The third-order valence-electron chi connectivity index (χ3n) is 6.04. The second kappa shape index (κ2) is 7.45. The molecule has 0 unspecified atom stereocenters. The van der Waals surface area contributed by atoms with Crippen LogP contribution >= 0.6 is 0 Å². The van der Waals surface area contributed by atoms with E-state index < -0.39 is 7.12 Å². The van der Waals surface area contributed by atoms with Crippen molar-refractivity contribution >= 4 is 35.3 Å². The number of hydrogen-bond donors (Lipinski definition) is 1. The molecule has 6 heteroatoms. The van der Waals surface area contributed by atoms with Crippen LogP contribution in [0.15, 0.2) is 54.6 Å². The van der Waals surface area contributed by atoms with Crippen LogP contribution in [0.5, 0.6) is 5.75 Å². The van der Waals surface area contributed by atoms with Crippen LogP contribution in [0.1, 0.15) is 43.6 Å². The average Bonchev–Trinajstić information content (AvgIpc) is 2.93. The van der Waals surface area contributed by atoms with Crippen molar-refractivity contribution in [3.05, 3.63) is 65.7 Å². The first-order valence-electron chi connectivity index (χ1n) is 10.0. The molecule has 0 spiro atoms. The van der Waals surface area contributed by atoms with E-state index in [1.54, 1.807) is 6.07 Å². The molecule has 1 saturated heterocycles. The molecule has 154 valence electrons. The van der Waals surface area contributed by atoms with E-state index in [0.29, 0.717) is 23.6 Å². The van der Waals surface area contributed by atoms with Gasteiger partial charge in [0.25, 0.3) is 0 Å². The molecule has 0 radical (unpaired) electrons. The number of hydrogen-bond acceptors (Lipinski definition) is 5. The highest BCUT2D eigenvalue weighted by molar-refractivity contribution is 6.62. The van der Waals surface area contributed by atoms with E-state index in [-0.39, 0.29) is 11.2 Å². The highest BCUT2D eigenvalue weighted by Crippen LogP contribution is 2.36. The molecular weight excluding hydrogens is 377 g/mol. The van der Waals surface area contributed by atoms with Crippen LogP contribution in [0, 0.1) is 0 Å². The molecule has 3 aromatic carbocycles. The number of nitrogens with two attached hydrogens (primary N) is 1. The van der Waals surface area contributed by atoms with Crippen LogP contribution in [0.3, 0.4) is 0 Å². The second-order valence-electron chi connectivity index (χ2n) is 8.70. The molecular formula is C24H26BNO4. The smallest absolute Gasteiger partial charge is 0.488 e. The van der Waals surface area contributed by atoms with Crippen molar-refractivity contribution in [2.24, 2.45) is 0 Å². The van der Waals surface area contributed by atoms with Gasteiger partial charge in [-0.3, -0.25) is 4.79 Å². The zero-order valence-corrected chi connectivity index (χ0v) is 17.8. The summed E-state index contributed by atoms with van der Waals surface area (Å²) in [7, 11) is -0.393. The largest absolute Gasteiger partial charge is 0.494 e. The molecule has 1 heterocycles. The van der Waals surface area contributed by atoms with Gasteiger partial charge in [0.1, 0.15) is 12.4 Å². The van der Waals surface area contributed by atoms with Crippen molar-refractivity contribution in [2.75, 3.05) is 5.73 Å². The van der Waals surface area contributed by atoms with Crippen LogP contribution in [-0.2, 0) is 15.9 Å². The Morgan fingerprint density at radius 1 is 0.967 bits per heavy atom. The average molecular weight is 403 g/mol. The van der Waals surface area contributed by atoms with Gasteiger partial charge >= 0.3 is 7.12 Å². The number of aldehydes is 1. The maximum Gasteiger partial charge on any atom is 0.494 e. The zero-order chi connectivity index (χ0) is 21.5. The number of nitrogen functional groups attached to an aromatic ring is 1. The summed E-state index contributed by atoms with van der Waals surface area (Å²) in [6.45, 7) is 8.50. The van der Waals surface area contributed by atoms with Gasteiger partial charge in [-0.1, -0.05) is 30.3 Å². The highest BCUT2D eigenvalue weighted by Gasteiger charge is 2.51. The third-order valence-corrected chi connectivity index (χ3v) is 6.04. The Bertz CT molecular complexity index is 1080. The lowest BCUT2D eigenvalue weighted by molar-refractivity contribution is 0.00578. The molecule has 0 saturated carbocycles. The van der Waals surface area contributed by atoms with E-state index in [9.17, 15) is 4.79 Å². The maximum absolute atomic E-state index is 11.5. The van der Waals surface area contributed by atoms with Crippen LogP contribution in [0.2, 0.25) is 0 Å². The van der Waals surface area contributed by atoms with Crippen molar-refractivity contribution in [3.63, 3.8) is 0 Å². The first-order valence-corrected chi connectivity index (χ1v) is 10.0. The third kappa shape index (κ3) is 3.69. The van der Waals surface area contributed by atoms with Crippen molar-refractivity contribution in [2.45, 2.75) is 45.5 Å². The van der Waals surface area contributed by atoms with Crippen molar-refractivity contribution in [1.29, 1.82) is 0 Å². The Morgan fingerprint density at radius 3 is 2.27 bits per heavy atom. The normalized spacial score (nSPS) is 17.3. The summed E-state index contributed by atoms with van der Waals surface area (Å²) in [5.41, 5.74) is 8.27. The lowest BCUT2D eigenvalue weighted by Gasteiger charge is -2.32. The number of carbonyl (C=O) groups excluding carboxylic acids is 1. The minimum Gasteiger partial charge on any atom is -0.488 e. The fourth-order valence-electron chi connectivity index (χ4n) is 3.50. The lowest BCUT2D eigenvalue weighted by atomic mass is 9.79. The maximum atomic E-state index is 11.5. The standard InChI is InChI=1S/C24H26BNO4/c1-23(2)24(3,4)30-25(29-23)19-9-5-16(6-10-19)15-28-22-18(14-27)8-7-17-13-20(26)11-12-21(17)22/h5-14H,15,26H2,1-4H3. The van der Waals surface area contributed by atoms with Crippen LogP contribution in [0.4, 0.5) is 5.69 Å². The van der Waals surface area contributed by atoms with Gasteiger partial charge in [0, 0.05) is 11.1 Å². The van der Waals surface area contributed by atoms with Crippen molar-refractivity contribution in [3.8, 4) is 5.75 Å². The van der Waals surface area contributed by atoms with Gasteiger partial charge in [0.05, 0.1) is 16.8 Å². The molecule has 4 rings (SSSR count). The number of ether oxygens (including phenoxy) is 1. The van der Waals surface area contributed by atoms with Crippen LogP contribution in [-0.4, -0.2) is 24.6 Å². The Hall–Kier alpha value is -2.83. The molecule has 1 aliphatic heterocycles. The van der Waals surface area contributed by atoms with Gasteiger partial charge in [0.15, 0.2) is 6.29 Å². The number of benzene rings is 3.